The monoisotopic (exact) mass is 337 g/mol. The number of nitrogens with zero attached hydrogens (tertiary/aromatic N) is 2. The summed E-state index contributed by atoms with van der Waals surface area (Å²) < 4.78 is 0. The Labute approximate surface area is 147 Å². The molecule has 25 heavy (non-hydrogen) atoms. The topological polar surface area (TPSA) is 56.4 Å². The predicted molar refractivity (Wildman–Crippen MR) is 98.6 cm³/mol. The maximum atomic E-state index is 12.5. The number of carbonyl (C=O) groups excluding carboxylic acids is 2. The molecule has 1 saturated heterocycles. The Bertz CT molecular complexity index is 756. The van der Waals surface area contributed by atoms with E-state index in [1.54, 1.807) is 12.3 Å². The Kier molecular flexibility index (Phi) is 5.46. The first-order valence-corrected chi connectivity index (χ1v) is 8.56. The SMILES string of the molecule is CC(=O)c1c[nH]c(C(=O)N2CCN(C/C=C/c3ccccc3)CC2)c1. The standard InChI is InChI=1S/C20H23N3O2/c1-16(24)18-14-19(21-15-18)20(25)23-12-10-22(11-13-23)9-5-8-17-6-3-2-4-7-17/h2-8,14-15,21H,9-13H2,1H3/b8-5+. The van der Waals surface area contributed by atoms with E-state index in [2.05, 4.69) is 34.2 Å². The molecule has 130 valence electrons. The van der Waals surface area contributed by atoms with Crippen molar-refractivity contribution in [3.63, 3.8) is 0 Å². The van der Waals surface area contributed by atoms with Gasteiger partial charge in [-0.25, -0.2) is 0 Å². The summed E-state index contributed by atoms with van der Waals surface area (Å²) in [5.41, 5.74) is 2.24. The van der Waals surface area contributed by atoms with E-state index in [0.717, 1.165) is 19.6 Å². The number of aromatic amines is 1. The van der Waals surface area contributed by atoms with Crippen molar-refractivity contribution in [3.05, 3.63) is 65.5 Å². The van der Waals surface area contributed by atoms with Gasteiger partial charge < -0.3 is 9.88 Å². The molecule has 5 heteroatoms. The maximum absolute atomic E-state index is 12.5. The molecule has 2 aromatic rings. The summed E-state index contributed by atoms with van der Waals surface area (Å²) in [4.78, 5) is 30.9. The van der Waals surface area contributed by atoms with Gasteiger partial charge >= 0.3 is 0 Å². The molecule has 0 saturated carbocycles. The van der Waals surface area contributed by atoms with Crippen LogP contribution in [0.1, 0.15) is 33.3 Å². The van der Waals surface area contributed by atoms with Crippen LogP contribution >= 0.6 is 0 Å². The summed E-state index contributed by atoms with van der Waals surface area (Å²) in [7, 11) is 0. The first-order chi connectivity index (χ1) is 12.1. The van der Waals surface area contributed by atoms with Gasteiger partial charge in [-0.3, -0.25) is 14.5 Å². The van der Waals surface area contributed by atoms with Gasteiger partial charge in [0.1, 0.15) is 5.69 Å². The molecule has 1 fully saturated rings. The lowest BCUT2D eigenvalue weighted by molar-refractivity contribution is 0.0645. The van der Waals surface area contributed by atoms with Crippen LogP contribution in [-0.4, -0.2) is 59.2 Å². The second-order valence-corrected chi connectivity index (χ2v) is 6.26. The molecule has 1 amide bonds. The van der Waals surface area contributed by atoms with Gasteiger partial charge in [-0.1, -0.05) is 42.5 Å². The van der Waals surface area contributed by atoms with Gasteiger partial charge in [0.25, 0.3) is 5.91 Å². The van der Waals surface area contributed by atoms with Gasteiger partial charge in [0.15, 0.2) is 5.78 Å². The van der Waals surface area contributed by atoms with Gasteiger partial charge in [-0.15, -0.1) is 0 Å². The number of aromatic nitrogens is 1. The molecule has 0 radical (unpaired) electrons. The second kappa shape index (κ2) is 7.94. The lowest BCUT2D eigenvalue weighted by Gasteiger charge is -2.33. The van der Waals surface area contributed by atoms with E-state index < -0.39 is 0 Å². The molecular weight excluding hydrogens is 314 g/mol. The molecule has 1 aromatic carbocycles. The van der Waals surface area contributed by atoms with Crippen LogP contribution in [0.2, 0.25) is 0 Å². The van der Waals surface area contributed by atoms with Crippen LogP contribution in [0.15, 0.2) is 48.7 Å². The zero-order chi connectivity index (χ0) is 17.6. The van der Waals surface area contributed by atoms with Crippen molar-refractivity contribution in [3.8, 4) is 0 Å². The number of piperazine rings is 1. The van der Waals surface area contributed by atoms with E-state index in [9.17, 15) is 9.59 Å². The van der Waals surface area contributed by atoms with Crippen molar-refractivity contribution >= 4 is 17.8 Å². The summed E-state index contributed by atoms with van der Waals surface area (Å²) in [5.74, 6) is -0.0719. The molecule has 2 heterocycles. The molecule has 1 aromatic heterocycles. The summed E-state index contributed by atoms with van der Waals surface area (Å²) in [5, 5.41) is 0. The molecule has 0 aliphatic carbocycles. The van der Waals surface area contributed by atoms with Crippen LogP contribution in [0.25, 0.3) is 6.08 Å². The van der Waals surface area contributed by atoms with E-state index in [-0.39, 0.29) is 11.7 Å². The minimum absolute atomic E-state index is 0.0352. The van der Waals surface area contributed by atoms with Crippen LogP contribution in [0, 0.1) is 0 Å². The molecule has 0 atom stereocenters. The number of benzene rings is 1. The van der Waals surface area contributed by atoms with Crippen LogP contribution in [0.5, 0.6) is 0 Å². The minimum atomic E-state index is -0.0367. The van der Waals surface area contributed by atoms with Gasteiger partial charge in [0.2, 0.25) is 0 Å². The summed E-state index contributed by atoms with van der Waals surface area (Å²) >= 11 is 0. The van der Waals surface area contributed by atoms with Gasteiger partial charge in [0.05, 0.1) is 0 Å². The fourth-order valence-electron chi connectivity index (χ4n) is 2.93. The van der Waals surface area contributed by atoms with E-state index >= 15 is 0 Å². The highest BCUT2D eigenvalue weighted by Gasteiger charge is 2.22. The molecule has 3 rings (SSSR count). The van der Waals surface area contributed by atoms with E-state index in [1.165, 1.54) is 12.5 Å². The second-order valence-electron chi connectivity index (χ2n) is 6.26. The van der Waals surface area contributed by atoms with Crippen LogP contribution in [0.3, 0.4) is 0 Å². The third-order valence-electron chi connectivity index (χ3n) is 4.45. The molecule has 1 aliphatic heterocycles. The third-order valence-corrected chi connectivity index (χ3v) is 4.45. The van der Waals surface area contributed by atoms with Crippen molar-refractivity contribution in [2.75, 3.05) is 32.7 Å². The largest absolute Gasteiger partial charge is 0.356 e. The number of hydrogen-bond acceptors (Lipinski definition) is 3. The number of amides is 1. The Hall–Kier alpha value is -2.66. The molecule has 0 bridgehead atoms. The first kappa shape index (κ1) is 17.2. The molecule has 5 nitrogen and oxygen atoms in total. The fourth-order valence-corrected chi connectivity index (χ4v) is 2.93. The minimum Gasteiger partial charge on any atom is -0.356 e. The lowest BCUT2D eigenvalue weighted by Crippen LogP contribution is -2.48. The quantitative estimate of drug-likeness (QED) is 0.854. The average Bonchev–Trinajstić information content (AvgIpc) is 3.13. The number of hydrogen-bond donors (Lipinski definition) is 1. The molecule has 1 aliphatic rings. The van der Waals surface area contributed by atoms with Crippen LogP contribution in [-0.2, 0) is 0 Å². The average molecular weight is 337 g/mol. The zero-order valence-electron chi connectivity index (χ0n) is 14.4. The van der Waals surface area contributed by atoms with Crippen molar-refractivity contribution < 1.29 is 9.59 Å². The van der Waals surface area contributed by atoms with E-state index in [0.29, 0.717) is 24.3 Å². The maximum Gasteiger partial charge on any atom is 0.270 e. The smallest absolute Gasteiger partial charge is 0.270 e. The highest BCUT2D eigenvalue weighted by atomic mass is 16.2. The highest BCUT2D eigenvalue weighted by Crippen LogP contribution is 2.11. The Morgan fingerprint density at radius 1 is 1.12 bits per heavy atom. The van der Waals surface area contributed by atoms with E-state index in [1.807, 2.05) is 23.1 Å². The van der Waals surface area contributed by atoms with Crippen molar-refractivity contribution in [2.45, 2.75) is 6.92 Å². The molecule has 0 spiro atoms. The number of nitrogens with one attached hydrogen (secondary N) is 1. The Balaban J connectivity index is 1.48. The molecule has 1 N–H and O–H groups in total. The van der Waals surface area contributed by atoms with E-state index in [4.69, 9.17) is 0 Å². The van der Waals surface area contributed by atoms with Gasteiger partial charge in [0, 0.05) is 44.5 Å². The van der Waals surface area contributed by atoms with Crippen LogP contribution in [0.4, 0.5) is 0 Å². The Morgan fingerprint density at radius 3 is 2.48 bits per heavy atom. The van der Waals surface area contributed by atoms with Crippen molar-refractivity contribution in [2.24, 2.45) is 0 Å². The van der Waals surface area contributed by atoms with Gasteiger partial charge in [-0.05, 0) is 18.6 Å². The number of ketones is 1. The van der Waals surface area contributed by atoms with Gasteiger partial charge in [-0.2, -0.15) is 0 Å². The number of carbonyl (C=O) groups is 2. The normalized spacial score (nSPS) is 15.6. The van der Waals surface area contributed by atoms with Crippen molar-refractivity contribution in [1.29, 1.82) is 0 Å². The number of H-pyrrole nitrogens is 1. The first-order valence-electron chi connectivity index (χ1n) is 8.56. The van der Waals surface area contributed by atoms with Crippen molar-refractivity contribution in [1.82, 2.24) is 14.8 Å². The zero-order valence-corrected chi connectivity index (χ0v) is 14.4. The summed E-state index contributed by atoms with van der Waals surface area (Å²) in [6.07, 6.45) is 5.89. The highest BCUT2D eigenvalue weighted by molar-refractivity contribution is 5.99. The fraction of sp³-hybridized carbons (Fsp3) is 0.300. The summed E-state index contributed by atoms with van der Waals surface area (Å²) in [6.45, 7) is 5.49. The molecular formula is C20H23N3O2. The Morgan fingerprint density at radius 2 is 1.84 bits per heavy atom. The van der Waals surface area contributed by atoms with Crippen LogP contribution < -0.4 is 0 Å². The number of rotatable bonds is 5. The molecule has 0 unspecified atom stereocenters. The third kappa shape index (κ3) is 4.45. The predicted octanol–water partition coefficient (Wildman–Crippen LogP) is 2.69. The number of Topliss-reactive ketones (excluding diaryl/α,β-unsaturated/α-hetero) is 1. The summed E-state index contributed by atoms with van der Waals surface area (Å²) in [6, 6.07) is 11.9. The lowest BCUT2D eigenvalue weighted by atomic mass is 10.2.